The van der Waals surface area contributed by atoms with Gasteiger partial charge in [-0.25, -0.2) is 0 Å². The molecule has 4 heterocycles. The molecule has 1 atom stereocenters. The highest BCUT2D eigenvalue weighted by molar-refractivity contribution is 5.58. The van der Waals surface area contributed by atoms with Gasteiger partial charge in [-0.05, 0) is 38.1 Å². The van der Waals surface area contributed by atoms with E-state index < -0.39 is 5.60 Å². The summed E-state index contributed by atoms with van der Waals surface area (Å²) in [6.45, 7) is 6.03. The number of nitriles is 1. The van der Waals surface area contributed by atoms with E-state index in [1.54, 1.807) is 13.0 Å². The van der Waals surface area contributed by atoms with Gasteiger partial charge in [-0.1, -0.05) is 29.1 Å². The molecule has 0 radical (unpaired) electrons. The van der Waals surface area contributed by atoms with Gasteiger partial charge in [0.05, 0.1) is 6.07 Å². The normalized spacial score (nSPS) is 26.1. The Morgan fingerprint density at radius 2 is 2.08 bits per heavy atom. The van der Waals surface area contributed by atoms with E-state index in [2.05, 4.69) is 26.9 Å². The molecule has 1 unspecified atom stereocenters. The van der Waals surface area contributed by atoms with E-state index in [4.69, 9.17) is 9.78 Å². The first-order valence-corrected chi connectivity index (χ1v) is 8.73. The first-order chi connectivity index (χ1) is 12.5. The molecule has 1 N–H and O–H groups in total. The lowest BCUT2D eigenvalue weighted by Gasteiger charge is -2.47. The summed E-state index contributed by atoms with van der Waals surface area (Å²) in [6.07, 6.45) is 2.07. The van der Waals surface area contributed by atoms with Gasteiger partial charge in [-0.2, -0.15) is 10.2 Å². The number of aromatic nitrogens is 2. The van der Waals surface area contributed by atoms with Crippen LogP contribution < -0.4 is 0 Å². The third kappa shape index (κ3) is 3.94. The average Bonchev–Trinajstić information content (AvgIpc) is 3.08. The first kappa shape index (κ1) is 18.1. The number of hydrogen-bond donors (Lipinski definition) is 1. The second-order valence-electron chi connectivity index (χ2n) is 6.67. The van der Waals surface area contributed by atoms with E-state index >= 15 is 0 Å². The van der Waals surface area contributed by atoms with Crippen LogP contribution in [0.5, 0.6) is 0 Å². The Balaban J connectivity index is 0.000000613. The molecule has 2 bridgehead atoms. The Kier molecular flexibility index (Phi) is 5.37. The smallest absolute Gasteiger partial charge is 0.223 e. The van der Waals surface area contributed by atoms with Gasteiger partial charge in [-0.3, -0.25) is 4.90 Å². The zero-order chi connectivity index (χ0) is 18.6. The molecule has 26 heavy (non-hydrogen) atoms. The molecule has 3 aliphatic heterocycles. The van der Waals surface area contributed by atoms with Gasteiger partial charge in [0.2, 0.25) is 11.7 Å². The molecule has 134 valence electrons. The molecular weight excluding hydrogens is 328 g/mol. The van der Waals surface area contributed by atoms with E-state index in [0.717, 1.165) is 37.1 Å². The lowest BCUT2D eigenvalue weighted by Crippen LogP contribution is -2.58. The number of piperidine rings is 3. The van der Waals surface area contributed by atoms with Crippen LogP contribution in [-0.2, 0) is 0 Å². The maximum Gasteiger partial charge on any atom is 0.223 e. The predicted octanol–water partition coefficient (Wildman–Crippen LogP) is 2.38. The number of hydrogen-bond acceptors (Lipinski definition) is 6. The van der Waals surface area contributed by atoms with Crippen molar-refractivity contribution in [3.05, 3.63) is 35.7 Å². The number of aryl methyl sites for hydroxylation is 1. The van der Waals surface area contributed by atoms with Crippen LogP contribution >= 0.6 is 0 Å². The Morgan fingerprint density at radius 1 is 1.35 bits per heavy atom. The molecule has 1 aromatic carbocycles. The standard InChI is InChI=1S/C18H19N3O2.C2H3N/c1-13-19-17(20-23-13)15-4-2-3-14(11-15)5-8-18(22)12-21-9-6-16(18)7-10-21;1-2-3/h2-4,11,16,22H,6-7,9-10,12H2,1H3;1H3. The van der Waals surface area contributed by atoms with Crippen LogP contribution in [0, 0.1) is 36.0 Å². The minimum Gasteiger partial charge on any atom is -0.376 e. The summed E-state index contributed by atoms with van der Waals surface area (Å²) in [5, 5.41) is 22.1. The largest absolute Gasteiger partial charge is 0.376 e. The molecule has 3 saturated heterocycles. The molecule has 0 amide bonds. The van der Waals surface area contributed by atoms with E-state index in [9.17, 15) is 5.11 Å². The fourth-order valence-corrected chi connectivity index (χ4v) is 3.51. The fourth-order valence-electron chi connectivity index (χ4n) is 3.51. The van der Waals surface area contributed by atoms with Crippen molar-refractivity contribution in [3.8, 4) is 29.3 Å². The summed E-state index contributed by atoms with van der Waals surface area (Å²) in [5.74, 6) is 7.67. The number of nitrogens with zero attached hydrogens (tertiary/aromatic N) is 4. The van der Waals surface area contributed by atoms with Crippen molar-refractivity contribution >= 4 is 0 Å². The van der Waals surface area contributed by atoms with Crippen LogP contribution in [0.1, 0.15) is 31.2 Å². The molecule has 6 nitrogen and oxygen atoms in total. The molecule has 3 aliphatic rings. The summed E-state index contributed by atoms with van der Waals surface area (Å²) in [5.41, 5.74) is 0.847. The SMILES string of the molecule is CC#N.Cc1nc(-c2cccc(C#CC3(O)CN4CCC3CC4)c2)no1. The van der Waals surface area contributed by atoms with Crippen molar-refractivity contribution in [2.24, 2.45) is 5.92 Å². The number of benzene rings is 1. The highest BCUT2D eigenvalue weighted by Crippen LogP contribution is 2.35. The number of rotatable bonds is 1. The predicted molar refractivity (Wildman–Crippen MR) is 96.7 cm³/mol. The second kappa shape index (κ2) is 7.70. The summed E-state index contributed by atoms with van der Waals surface area (Å²) < 4.78 is 5.02. The summed E-state index contributed by atoms with van der Waals surface area (Å²) in [7, 11) is 0. The van der Waals surface area contributed by atoms with Gasteiger partial charge < -0.3 is 9.63 Å². The lowest BCUT2D eigenvalue weighted by molar-refractivity contribution is -0.0713. The van der Waals surface area contributed by atoms with E-state index in [1.165, 1.54) is 6.92 Å². The zero-order valence-electron chi connectivity index (χ0n) is 15.1. The Morgan fingerprint density at radius 3 is 2.65 bits per heavy atom. The van der Waals surface area contributed by atoms with Crippen molar-refractivity contribution < 1.29 is 9.63 Å². The van der Waals surface area contributed by atoms with Gasteiger partial charge >= 0.3 is 0 Å². The van der Waals surface area contributed by atoms with E-state index in [1.807, 2.05) is 24.3 Å². The Hall–Kier alpha value is -2.67. The molecular formula is C20H22N4O2. The maximum atomic E-state index is 10.9. The van der Waals surface area contributed by atoms with Crippen LogP contribution in [0.2, 0.25) is 0 Å². The average molecular weight is 350 g/mol. The molecule has 5 rings (SSSR count). The third-order valence-electron chi connectivity index (χ3n) is 4.80. The minimum atomic E-state index is -0.880. The van der Waals surface area contributed by atoms with Gasteiger partial charge in [0.1, 0.15) is 5.60 Å². The molecule has 2 aromatic rings. The van der Waals surface area contributed by atoms with Crippen molar-refractivity contribution in [2.45, 2.75) is 32.3 Å². The highest BCUT2D eigenvalue weighted by atomic mass is 16.5. The van der Waals surface area contributed by atoms with E-state index in [0.29, 0.717) is 24.2 Å². The topological polar surface area (TPSA) is 86.2 Å². The van der Waals surface area contributed by atoms with Crippen molar-refractivity contribution in [2.75, 3.05) is 19.6 Å². The van der Waals surface area contributed by atoms with Crippen molar-refractivity contribution in [3.63, 3.8) is 0 Å². The summed E-state index contributed by atoms with van der Waals surface area (Å²) in [6, 6.07) is 9.47. The molecule has 3 fully saturated rings. The molecule has 0 spiro atoms. The van der Waals surface area contributed by atoms with Crippen molar-refractivity contribution in [1.29, 1.82) is 5.26 Å². The summed E-state index contributed by atoms with van der Waals surface area (Å²) >= 11 is 0. The molecule has 0 saturated carbocycles. The zero-order valence-corrected chi connectivity index (χ0v) is 15.1. The highest BCUT2D eigenvalue weighted by Gasteiger charge is 2.44. The number of aliphatic hydroxyl groups is 1. The monoisotopic (exact) mass is 350 g/mol. The van der Waals surface area contributed by atoms with Gasteiger partial charge in [0.25, 0.3) is 0 Å². The maximum absolute atomic E-state index is 10.9. The fraction of sp³-hybridized carbons (Fsp3) is 0.450. The lowest BCUT2D eigenvalue weighted by atomic mass is 9.76. The second-order valence-corrected chi connectivity index (χ2v) is 6.67. The van der Waals surface area contributed by atoms with E-state index in [-0.39, 0.29) is 0 Å². The minimum absolute atomic E-state index is 0.294. The van der Waals surface area contributed by atoms with Gasteiger partial charge in [-0.15, -0.1) is 0 Å². The van der Waals surface area contributed by atoms with Gasteiger partial charge in [0, 0.05) is 37.4 Å². The number of fused-ring (bicyclic) bond motifs is 3. The Bertz CT molecular complexity index is 866. The van der Waals surface area contributed by atoms with Crippen LogP contribution in [0.25, 0.3) is 11.4 Å². The van der Waals surface area contributed by atoms with Crippen LogP contribution in [-0.4, -0.2) is 45.4 Å². The molecule has 6 heteroatoms. The molecule has 1 aromatic heterocycles. The first-order valence-electron chi connectivity index (χ1n) is 8.73. The van der Waals surface area contributed by atoms with Crippen LogP contribution in [0.15, 0.2) is 28.8 Å². The van der Waals surface area contributed by atoms with Crippen LogP contribution in [0.4, 0.5) is 0 Å². The van der Waals surface area contributed by atoms with Crippen molar-refractivity contribution in [1.82, 2.24) is 15.0 Å². The Labute approximate surface area is 153 Å². The van der Waals surface area contributed by atoms with Crippen LogP contribution in [0.3, 0.4) is 0 Å². The quantitative estimate of drug-likeness (QED) is 0.795. The summed E-state index contributed by atoms with van der Waals surface area (Å²) in [4.78, 5) is 6.53. The third-order valence-corrected chi connectivity index (χ3v) is 4.80. The van der Waals surface area contributed by atoms with Gasteiger partial charge in [0.15, 0.2) is 0 Å². The molecule has 0 aliphatic carbocycles.